The van der Waals surface area contributed by atoms with Crippen LogP contribution in [0.15, 0.2) is 0 Å². The van der Waals surface area contributed by atoms with Gasteiger partial charge in [0.15, 0.2) is 0 Å². The van der Waals surface area contributed by atoms with Crippen molar-refractivity contribution in [1.29, 1.82) is 0 Å². The van der Waals surface area contributed by atoms with Gasteiger partial charge in [-0.15, -0.1) is 0 Å². The molecule has 0 unspecified atom stereocenters. The van der Waals surface area contributed by atoms with Crippen molar-refractivity contribution in [1.82, 2.24) is 4.90 Å². The summed E-state index contributed by atoms with van der Waals surface area (Å²) in [6.07, 6.45) is 1.97. The lowest BCUT2D eigenvalue weighted by molar-refractivity contribution is -0.138. The van der Waals surface area contributed by atoms with Gasteiger partial charge in [0.25, 0.3) is 0 Å². The predicted molar refractivity (Wildman–Crippen MR) is 55.5 cm³/mol. The van der Waals surface area contributed by atoms with E-state index in [2.05, 4.69) is 0 Å². The molecule has 0 fully saturated rings. The highest BCUT2D eigenvalue weighted by Crippen LogP contribution is 2.01. The van der Waals surface area contributed by atoms with E-state index in [9.17, 15) is 4.79 Å². The summed E-state index contributed by atoms with van der Waals surface area (Å²) in [5.74, 6) is -0.759. The third-order valence-corrected chi connectivity index (χ3v) is 2.11. The van der Waals surface area contributed by atoms with Crippen LogP contribution in [0.3, 0.4) is 0 Å². The first-order chi connectivity index (χ1) is 6.57. The number of carbonyl (C=O) groups is 1. The third-order valence-electron chi connectivity index (χ3n) is 2.11. The van der Waals surface area contributed by atoms with E-state index >= 15 is 0 Å². The average Bonchev–Trinajstić information content (AvgIpc) is 2.09. The van der Waals surface area contributed by atoms with Gasteiger partial charge in [-0.05, 0) is 33.2 Å². The van der Waals surface area contributed by atoms with Crippen molar-refractivity contribution in [2.75, 3.05) is 26.8 Å². The van der Waals surface area contributed by atoms with Crippen LogP contribution in [0.1, 0.15) is 26.7 Å². The first-order valence-corrected chi connectivity index (χ1v) is 5.02. The molecule has 0 amide bonds. The Labute approximate surface area is 85.9 Å². The van der Waals surface area contributed by atoms with Crippen molar-refractivity contribution >= 4 is 5.97 Å². The van der Waals surface area contributed by atoms with Gasteiger partial charge >= 0.3 is 5.97 Å². The molecule has 0 aliphatic heterocycles. The molecule has 0 saturated heterocycles. The Balaban J connectivity index is 3.68. The number of aliphatic carboxylic acids is 1. The molecule has 4 nitrogen and oxygen atoms in total. The normalized spacial score (nSPS) is 11.2. The summed E-state index contributed by atoms with van der Waals surface area (Å²) in [5, 5.41) is 8.67. The fourth-order valence-electron chi connectivity index (χ4n) is 1.25. The molecule has 1 N–H and O–H groups in total. The molecule has 0 aromatic carbocycles. The molecular formula is C10H21NO3. The van der Waals surface area contributed by atoms with Gasteiger partial charge in [0.05, 0.1) is 6.54 Å². The number of unbranched alkanes of at least 4 members (excludes halogenated alkanes) is 1. The summed E-state index contributed by atoms with van der Waals surface area (Å²) < 4.78 is 4.93. The molecule has 0 saturated carbocycles. The van der Waals surface area contributed by atoms with Crippen LogP contribution in [-0.4, -0.2) is 48.8 Å². The van der Waals surface area contributed by atoms with Gasteiger partial charge in [-0.3, -0.25) is 9.69 Å². The lowest BCUT2D eigenvalue weighted by Gasteiger charge is -2.24. The zero-order chi connectivity index (χ0) is 11.0. The number of carboxylic acids is 1. The molecule has 0 bridgehead atoms. The average molecular weight is 203 g/mol. The number of hydrogen-bond donors (Lipinski definition) is 1. The number of ether oxygens (including phenoxy) is 1. The van der Waals surface area contributed by atoms with Crippen molar-refractivity contribution in [3.05, 3.63) is 0 Å². The van der Waals surface area contributed by atoms with E-state index in [4.69, 9.17) is 9.84 Å². The lowest BCUT2D eigenvalue weighted by Crippen LogP contribution is -2.36. The van der Waals surface area contributed by atoms with Crippen molar-refractivity contribution in [3.63, 3.8) is 0 Å². The molecule has 14 heavy (non-hydrogen) atoms. The zero-order valence-corrected chi connectivity index (χ0v) is 9.32. The summed E-state index contributed by atoms with van der Waals surface area (Å²) in [6.45, 7) is 5.73. The highest BCUT2D eigenvalue weighted by Gasteiger charge is 2.12. The van der Waals surface area contributed by atoms with Crippen molar-refractivity contribution < 1.29 is 14.6 Å². The van der Waals surface area contributed by atoms with Crippen LogP contribution in [0, 0.1) is 0 Å². The van der Waals surface area contributed by atoms with Gasteiger partial charge in [-0.2, -0.15) is 0 Å². The van der Waals surface area contributed by atoms with Crippen LogP contribution in [0.25, 0.3) is 0 Å². The second kappa shape index (κ2) is 7.76. The largest absolute Gasteiger partial charge is 0.480 e. The minimum absolute atomic E-state index is 0.130. The molecule has 0 atom stereocenters. The van der Waals surface area contributed by atoms with Crippen LogP contribution in [0.2, 0.25) is 0 Å². The smallest absolute Gasteiger partial charge is 0.317 e. The van der Waals surface area contributed by atoms with Crippen LogP contribution < -0.4 is 0 Å². The predicted octanol–water partition coefficient (Wildman–Crippen LogP) is 1.21. The molecule has 4 heteroatoms. The summed E-state index contributed by atoms with van der Waals surface area (Å²) in [6, 6.07) is 0.286. The fourth-order valence-corrected chi connectivity index (χ4v) is 1.25. The Morgan fingerprint density at radius 3 is 2.50 bits per heavy atom. The summed E-state index contributed by atoms with van der Waals surface area (Å²) in [4.78, 5) is 12.5. The summed E-state index contributed by atoms with van der Waals surface area (Å²) in [5.41, 5.74) is 0. The van der Waals surface area contributed by atoms with E-state index in [0.717, 1.165) is 26.0 Å². The number of carboxylic acid groups (broad SMARTS) is 1. The van der Waals surface area contributed by atoms with Crippen LogP contribution in [0.5, 0.6) is 0 Å². The van der Waals surface area contributed by atoms with E-state index < -0.39 is 5.97 Å². The summed E-state index contributed by atoms with van der Waals surface area (Å²) >= 11 is 0. The van der Waals surface area contributed by atoms with E-state index in [1.807, 2.05) is 18.7 Å². The minimum Gasteiger partial charge on any atom is -0.480 e. The van der Waals surface area contributed by atoms with Crippen LogP contribution >= 0.6 is 0 Å². The van der Waals surface area contributed by atoms with Gasteiger partial charge in [0.2, 0.25) is 0 Å². The maximum absolute atomic E-state index is 10.5. The maximum atomic E-state index is 10.5. The van der Waals surface area contributed by atoms with E-state index in [1.54, 1.807) is 7.11 Å². The topological polar surface area (TPSA) is 49.8 Å². The van der Waals surface area contributed by atoms with Gasteiger partial charge in [-0.25, -0.2) is 0 Å². The van der Waals surface area contributed by atoms with Crippen LogP contribution in [-0.2, 0) is 9.53 Å². The molecule has 0 aromatic heterocycles. The van der Waals surface area contributed by atoms with Gasteiger partial charge in [0, 0.05) is 19.8 Å². The van der Waals surface area contributed by atoms with Crippen LogP contribution in [0.4, 0.5) is 0 Å². The molecular weight excluding hydrogens is 182 g/mol. The molecule has 0 aliphatic rings. The first kappa shape index (κ1) is 13.4. The molecule has 0 spiro atoms. The first-order valence-electron chi connectivity index (χ1n) is 5.02. The number of methoxy groups -OCH3 is 1. The van der Waals surface area contributed by atoms with E-state index in [-0.39, 0.29) is 12.6 Å². The molecule has 0 heterocycles. The lowest BCUT2D eigenvalue weighted by atomic mass is 10.2. The highest BCUT2D eigenvalue weighted by molar-refractivity contribution is 5.69. The maximum Gasteiger partial charge on any atom is 0.317 e. The Kier molecular flexibility index (Phi) is 7.42. The fraction of sp³-hybridized carbons (Fsp3) is 0.900. The van der Waals surface area contributed by atoms with Crippen molar-refractivity contribution in [3.8, 4) is 0 Å². The molecule has 0 radical (unpaired) electrons. The molecule has 0 rings (SSSR count). The Morgan fingerprint density at radius 1 is 1.43 bits per heavy atom. The number of hydrogen-bond acceptors (Lipinski definition) is 3. The SMILES string of the molecule is COCCCCN(CC(=O)O)C(C)C. The summed E-state index contributed by atoms with van der Waals surface area (Å²) in [7, 11) is 1.68. The van der Waals surface area contributed by atoms with Gasteiger partial charge < -0.3 is 9.84 Å². The molecule has 84 valence electrons. The standard InChI is InChI=1S/C10H21NO3/c1-9(2)11(8-10(12)13)6-4-5-7-14-3/h9H,4-8H2,1-3H3,(H,12,13). The quantitative estimate of drug-likeness (QED) is 0.602. The second-order valence-electron chi connectivity index (χ2n) is 3.66. The second-order valence-corrected chi connectivity index (χ2v) is 3.66. The van der Waals surface area contributed by atoms with E-state index in [0.29, 0.717) is 0 Å². The van der Waals surface area contributed by atoms with Gasteiger partial charge in [0.1, 0.15) is 0 Å². The monoisotopic (exact) mass is 203 g/mol. The Hall–Kier alpha value is -0.610. The number of nitrogens with zero attached hydrogens (tertiary/aromatic N) is 1. The third kappa shape index (κ3) is 6.86. The number of rotatable bonds is 8. The van der Waals surface area contributed by atoms with Crippen molar-refractivity contribution in [2.24, 2.45) is 0 Å². The Bertz CT molecular complexity index is 159. The molecule has 0 aromatic rings. The zero-order valence-electron chi connectivity index (χ0n) is 9.32. The van der Waals surface area contributed by atoms with Gasteiger partial charge in [-0.1, -0.05) is 0 Å². The van der Waals surface area contributed by atoms with E-state index in [1.165, 1.54) is 0 Å². The van der Waals surface area contributed by atoms with Crippen molar-refractivity contribution in [2.45, 2.75) is 32.7 Å². The minimum atomic E-state index is -0.759. The molecule has 0 aliphatic carbocycles. The Morgan fingerprint density at radius 2 is 2.07 bits per heavy atom. The highest BCUT2D eigenvalue weighted by atomic mass is 16.5.